The van der Waals surface area contributed by atoms with Crippen LogP contribution in [0.4, 0.5) is 4.79 Å². The molecule has 1 amide bonds. The van der Waals surface area contributed by atoms with Crippen molar-refractivity contribution in [2.75, 3.05) is 12.3 Å². The average Bonchev–Trinajstić information content (AvgIpc) is 2.37. The fourth-order valence-electron chi connectivity index (χ4n) is 2.56. The van der Waals surface area contributed by atoms with Crippen molar-refractivity contribution in [3.63, 3.8) is 0 Å². The van der Waals surface area contributed by atoms with Crippen molar-refractivity contribution in [3.05, 3.63) is 0 Å². The summed E-state index contributed by atoms with van der Waals surface area (Å²) in [7, 11) is 0. The summed E-state index contributed by atoms with van der Waals surface area (Å²) in [6.45, 7) is 10.8. The van der Waals surface area contributed by atoms with Gasteiger partial charge in [-0.1, -0.05) is 20.3 Å². The molecule has 3 atom stereocenters. The second kappa shape index (κ2) is 8.89. The molecule has 0 aliphatic carbocycles. The van der Waals surface area contributed by atoms with Gasteiger partial charge >= 0.3 is 6.09 Å². The molecule has 1 aliphatic rings. The first-order valence-corrected chi connectivity index (χ1v) is 9.21. The Morgan fingerprint density at radius 1 is 1.43 bits per heavy atom. The lowest BCUT2D eigenvalue weighted by atomic mass is 10.0. The second-order valence-electron chi connectivity index (χ2n) is 6.86. The van der Waals surface area contributed by atoms with Gasteiger partial charge in [0, 0.05) is 23.9 Å². The number of amides is 1. The molecule has 0 aromatic rings. The number of rotatable bonds is 6. The number of nitrogens with one attached hydrogen (secondary N) is 2. The Balaban J connectivity index is 2.40. The molecule has 0 saturated carbocycles. The maximum absolute atomic E-state index is 11.8. The first kappa shape index (κ1) is 18.6. The zero-order valence-electron chi connectivity index (χ0n) is 14.2. The van der Waals surface area contributed by atoms with Gasteiger partial charge in [0.05, 0.1) is 0 Å². The van der Waals surface area contributed by atoms with Gasteiger partial charge in [-0.2, -0.15) is 11.8 Å². The van der Waals surface area contributed by atoms with Crippen LogP contribution in [0.1, 0.15) is 60.3 Å². The Morgan fingerprint density at radius 3 is 2.71 bits per heavy atom. The number of carbonyl (C=O) groups is 1. The second-order valence-corrected chi connectivity index (χ2v) is 8.34. The highest BCUT2D eigenvalue weighted by molar-refractivity contribution is 7.99. The quantitative estimate of drug-likeness (QED) is 0.787. The van der Waals surface area contributed by atoms with E-state index in [2.05, 4.69) is 24.5 Å². The number of ether oxygens (including phenoxy) is 1. The molecule has 124 valence electrons. The Labute approximate surface area is 134 Å². The molecule has 1 fully saturated rings. The van der Waals surface area contributed by atoms with E-state index in [-0.39, 0.29) is 6.09 Å². The zero-order valence-corrected chi connectivity index (χ0v) is 15.0. The van der Waals surface area contributed by atoms with Crippen LogP contribution in [0.15, 0.2) is 0 Å². The molecular formula is C16H32N2O2S. The number of thioether (sulfide) groups is 1. The number of hydrogen-bond acceptors (Lipinski definition) is 4. The highest BCUT2D eigenvalue weighted by Crippen LogP contribution is 2.25. The van der Waals surface area contributed by atoms with Gasteiger partial charge < -0.3 is 15.4 Å². The van der Waals surface area contributed by atoms with Gasteiger partial charge in [0.1, 0.15) is 5.60 Å². The predicted octanol–water partition coefficient (Wildman–Crippen LogP) is 3.55. The minimum absolute atomic E-state index is 0.323. The summed E-state index contributed by atoms with van der Waals surface area (Å²) in [5.41, 5.74) is -0.438. The predicted molar refractivity (Wildman–Crippen MR) is 91.0 cm³/mol. The van der Waals surface area contributed by atoms with Crippen LogP contribution in [0.5, 0.6) is 0 Å². The number of alkyl carbamates (subject to hydrolysis) is 1. The molecule has 0 spiro atoms. The summed E-state index contributed by atoms with van der Waals surface area (Å²) in [6, 6.07) is 0.884. The zero-order chi connectivity index (χ0) is 15.9. The van der Waals surface area contributed by atoms with Gasteiger partial charge in [-0.05, 0) is 45.8 Å². The molecule has 0 radical (unpaired) electrons. The summed E-state index contributed by atoms with van der Waals surface area (Å²) in [5, 5.41) is 7.28. The fourth-order valence-corrected chi connectivity index (χ4v) is 3.71. The van der Waals surface area contributed by atoms with Crippen LogP contribution in [-0.2, 0) is 4.74 Å². The molecule has 3 unspecified atom stereocenters. The fraction of sp³-hybridized carbons (Fsp3) is 0.938. The molecule has 1 rings (SSSR count). The van der Waals surface area contributed by atoms with Crippen LogP contribution in [0.2, 0.25) is 0 Å². The topological polar surface area (TPSA) is 50.4 Å². The van der Waals surface area contributed by atoms with Crippen molar-refractivity contribution in [2.24, 2.45) is 0 Å². The smallest absolute Gasteiger partial charge is 0.407 e. The lowest BCUT2D eigenvalue weighted by molar-refractivity contribution is 0.0520. The third-order valence-electron chi connectivity index (χ3n) is 3.59. The minimum Gasteiger partial charge on any atom is -0.444 e. The van der Waals surface area contributed by atoms with E-state index in [1.807, 2.05) is 32.5 Å². The van der Waals surface area contributed by atoms with Crippen molar-refractivity contribution < 1.29 is 9.53 Å². The maximum atomic E-state index is 11.8. The van der Waals surface area contributed by atoms with Gasteiger partial charge in [-0.25, -0.2) is 4.79 Å². The van der Waals surface area contributed by atoms with Gasteiger partial charge in [-0.15, -0.1) is 0 Å². The average molecular weight is 317 g/mol. The Morgan fingerprint density at radius 2 is 2.14 bits per heavy atom. The molecule has 5 heteroatoms. The SMILES string of the molecule is CCCC(CNC(=O)OC(C)(C)C)NC1CCCSC1C. The maximum Gasteiger partial charge on any atom is 0.407 e. The minimum atomic E-state index is -0.438. The molecule has 4 nitrogen and oxygen atoms in total. The molecule has 1 heterocycles. The molecule has 0 bridgehead atoms. The lowest BCUT2D eigenvalue weighted by Gasteiger charge is -2.33. The van der Waals surface area contributed by atoms with E-state index in [4.69, 9.17) is 4.74 Å². The molecule has 1 saturated heterocycles. The Kier molecular flexibility index (Phi) is 7.88. The van der Waals surface area contributed by atoms with Crippen molar-refractivity contribution in [3.8, 4) is 0 Å². The normalized spacial score (nSPS) is 24.4. The highest BCUT2D eigenvalue weighted by atomic mass is 32.2. The van der Waals surface area contributed by atoms with Gasteiger partial charge in [-0.3, -0.25) is 0 Å². The van der Waals surface area contributed by atoms with Crippen LogP contribution < -0.4 is 10.6 Å². The van der Waals surface area contributed by atoms with Crippen molar-refractivity contribution >= 4 is 17.9 Å². The van der Waals surface area contributed by atoms with Crippen molar-refractivity contribution in [2.45, 2.75) is 83.2 Å². The first-order valence-electron chi connectivity index (χ1n) is 8.16. The highest BCUT2D eigenvalue weighted by Gasteiger charge is 2.24. The van der Waals surface area contributed by atoms with E-state index >= 15 is 0 Å². The lowest BCUT2D eigenvalue weighted by Crippen LogP contribution is -2.50. The van der Waals surface area contributed by atoms with Crippen LogP contribution >= 0.6 is 11.8 Å². The standard InChI is InChI=1S/C16H32N2O2S/c1-6-8-13(11-17-15(19)20-16(3,4)5)18-14-9-7-10-21-12(14)2/h12-14,18H,6-11H2,1-5H3,(H,17,19). The van der Waals surface area contributed by atoms with E-state index in [9.17, 15) is 4.79 Å². The third-order valence-corrected chi connectivity index (χ3v) is 4.96. The van der Waals surface area contributed by atoms with E-state index in [1.54, 1.807) is 0 Å². The molecule has 1 aliphatic heterocycles. The first-order chi connectivity index (χ1) is 9.81. The molecular weight excluding hydrogens is 284 g/mol. The van der Waals surface area contributed by atoms with E-state index in [1.165, 1.54) is 18.6 Å². The van der Waals surface area contributed by atoms with Gasteiger partial charge in [0.15, 0.2) is 0 Å². The number of carbonyl (C=O) groups excluding carboxylic acids is 1. The monoisotopic (exact) mass is 316 g/mol. The largest absolute Gasteiger partial charge is 0.444 e. The van der Waals surface area contributed by atoms with Crippen molar-refractivity contribution in [1.29, 1.82) is 0 Å². The number of hydrogen-bond donors (Lipinski definition) is 2. The molecule has 21 heavy (non-hydrogen) atoms. The molecule has 2 N–H and O–H groups in total. The van der Waals surface area contributed by atoms with Crippen LogP contribution in [-0.4, -0.2) is 41.3 Å². The van der Waals surface area contributed by atoms with Gasteiger partial charge in [0.2, 0.25) is 0 Å². The van der Waals surface area contributed by atoms with Crippen molar-refractivity contribution in [1.82, 2.24) is 10.6 Å². The Hall–Kier alpha value is -0.420. The van der Waals surface area contributed by atoms with E-state index in [0.29, 0.717) is 23.9 Å². The summed E-state index contributed by atoms with van der Waals surface area (Å²) >= 11 is 2.04. The van der Waals surface area contributed by atoms with E-state index in [0.717, 1.165) is 12.8 Å². The Bertz CT molecular complexity index is 318. The molecule has 0 aromatic carbocycles. The summed E-state index contributed by atoms with van der Waals surface area (Å²) in [6.07, 6.45) is 4.38. The summed E-state index contributed by atoms with van der Waals surface area (Å²) in [5.74, 6) is 1.27. The van der Waals surface area contributed by atoms with E-state index < -0.39 is 5.60 Å². The third kappa shape index (κ3) is 7.96. The van der Waals surface area contributed by atoms with Crippen LogP contribution in [0.3, 0.4) is 0 Å². The summed E-state index contributed by atoms with van der Waals surface area (Å²) in [4.78, 5) is 11.8. The molecule has 0 aromatic heterocycles. The van der Waals surface area contributed by atoms with Crippen LogP contribution in [0.25, 0.3) is 0 Å². The van der Waals surface area contributed by atoms with Crippen LogP contribution in [0, 0.1) is 0 Å². The van der Waals surface area contributed by atoms with Gasteiger partial charge in [0.25, 0.3) is 0 Å². The summed E-state index contributed by atoms with van der Waals surface area (Å²) < 4.78 is 5.30.